The molecule has 1 N–H and O–H groups in total. The van der Waals surface area contributed by atoms with Crippen LogP contribution in [0.4, 0.5) is 4.39 Å². The first-order valence-corrected chi connectivity index (χ1v) is 10.6. The lowest BCUT2D eigenvalue weighted by Crippen LogP contribution is -2.52. The van der Waals surface area contributed by atoms with Crippen molar-refractivity contribution in [3.8, 4) is 0 Å². The fourth-order valence-electron chi connectivity index (χ4n) is 5.37. The van der Waals surface area contributed by atoms with Crippen molar-refractivity contribution in [1.29, 1.82) is 0 Å². The summed E-state index contributed by atoms with van der Waals surface area (Å²) in [4.78, 5) is 0. The van der Waals surface area contributed by atoms with Crippen LogP contribution in [0, 0.1) is 23.2 Å². The van der Waals surface area contributed by atoms with Crippen molar-refractivity contribution in [2.75, 3.05) is 6.26 Å². The van der Waals surface area contributed by atoms with E-state index in [4.69, 9.17) is 0 Å². The first kappa shape index (κ1) is 15.7. The van der Waals surface area contributed by atoms with Crippen LogP contribution in [0.15, 0.2) is 0 Å². The van der Waals surface area contributed by atoms with Gasteiger partial charge in [-0.3, -0.25) is 4.55 Å². The molecule has 0 aromatic heterocycles. The van der Waals surface area contributed by atoms with Crippen molar-refractivity contribution in [2.45, 2.75) is 49.3 Å². The highest BCUT2D eigenvalue weighted by molar-refractivity contribution is 8.07. The highest BCUT2D eigenvalue weighted by atomic mass is 32.3. The largest absolute Gasteiger partial charge is 0.333 e. The van der Waals surface area contributed by atoms with Crippen LogP contribution < -0.4 is 0 Å². The van der Waals surface area contributed by atoms with E-state index in [-0.39, 0.29) is 0 Å². The van der Waals surface area contributed by atoms with E-state index in [9.17, 15) is 25.8 Å². The molecule has 21 heavy (non-hydrogen) atoms. The molecule has 4 fully saturated rings. The molecule has 122 valence electrons. The molecule has 0 aliphatic heterocycles. The Morgan fingerprint density at radius 1 is 1.05 bits per heavy atom. The van der Waals surface area contributed by atoms with Crippen molar-refractivity contribution >= 4 is 20.0 Å². The lowest BCUT2D eigenvalue weighted by Gasteiger charge is -2.57. The maximum absolute atomic E-state index is 14.9. The molecule has 4 aliphatic carbocycles. The molecule has 4 bridgehead atoms. The summed E-state index contributed by atoms with van der Waals surface area (Å²) in [7, 11) is -9.89. The zero-order valence-corrected chi connectivity index (χ0v) is 13.6. The van der Waals surface area contributed by atoms with E-state index in [2.05, 4.69) is 0 Å². The van der Waals surface area contributed by atoms with Crippen molar-refractivity contribution in [3.63, 3.8) is 0 Å². The van der Waals surface area contributed by atoms with Gasteiger partial charge in [-0.2, -0.15) is 8.42 Å². The van der Waals surface area contributed by atoms with Gasteiger partial charge >= 0.3 is 14.5 Å². The SMILES string of the molecule is CS(=O)(=O)C(F)(CC12CC3CC(CC(C3)C1)C2)S(=O)(=O)O. The zero-order valence-electron chi connectivity index (χ0n) is 12.0. The minimum Gasteiger partial charge on any atom is -0.282 e. The monoisotopic (exact) mass is 340 g/mol. The fourth-order valence-corrected chi connectivity index (χ4v) is 7.96. The second kappa shape index (κ2) is 4.41. The lowest BCUT2D eigenvalue weighted by atomic mass is 9.49. The van der Waals surface area contributed by atoms with Crippen LogP contribution >= 0.6 is 0 Å². The molecule has 1 atom stereocenters. The predicted octanol–water partition coefficient (Wildman–Crippen LogP) is 2.15. The number of rotatable bonds is 4. The van der Waals surface area contributed by atoms with Crippen LogP contribution in [-0.4, -0.2) is 32.0 Å². The molecule has 8 heteroatoms. The molecular weight excluding hydrogens is 319 g/mol. The average Bonchev–Trinajstić information content (AvgIpc) is 2.22. The molecule has 0 spiro atoms. The third-order valence-corrected chi connectivity index (χ3v) is 9.40. The Bertz CT molecular complexity index is 585. The molecule has 1 unspecified atom stereocenters. The van der Waals surface area contributed by atoms with E-state index < -0.39 is 36.1 Å². The Hall–Kier alpha value is -0.210. The van der Waals surface area contributed by atoms with Crippen molar-refractivity contribution in [3.05, 3.63) is 0 Å². The standard InChI is InChI=1S/C13H21FO5S2/c1-20(15,16)13(14,21(17,18)19)8-12-5-9-2-10(6-12)4-11(3-9)7-12/h9-11H,2-8H2,1H3,(H,17,18,19). The minimum atomic E-state index is -5.32. The molecule has 4 aliphatic rings. The summed E-state index contributed by atoms with van der Waals surface area (Å²) in [5, 5.41) is 0. The minimum absolute atomic E-state index is 0.446. The Balaban J connectivity index is 1.98. The molecule has 0 heterocycles. The van der Waals surface area contributed by atoms with Gasteiger partial charge < -0.3 is 0 Å². The van der Waals surface area contributed by atoms with E-state index in [1.807, 2.05) is 0 Å². The van der Waals surface area contributed by atoms with Crippen molar-refractivity contribution in [1.82, 2.24) is 0 Å². The maximum Gasteiger partial charge on any atom is 0.333 e. The van der Waals surface area contributed by atoms with E-state index in [0.29, 0.717) is 43.3 Å². The van der Waals surface area contributed by atoms with Gasteiger partial charge in [0.1, 0.15) is 0 Å². The molecule has 4 saturated carbocycles. The van der Waals surface area contributed by atoms with Gasteiger partial charge in [0.25, 0.3) is 0 Å². The van der Waals surface area contributed by atoms with Crippen LogP contribution in [0.3, 0.4) is 0 Å². The van der Waals surface area contributed by atoms with Gasteiger partial charge in [0.15, 0.2) is 9.84 Å². The van der Waals surface area contributed by atoms with E-state index >= 15 is 0 Å². The molecule has 0 saturated heterocycles. The smallest absolute Gasteiger partial charge is 0.282 e. The Morgan fingerprint density at radius 3 is 1.71 bits per heavy atom. The summed E-state index contributed by atoms with van der Waals surface area (Å²) in [6.07, 6.45) is 5.21. The molecular formula is C13H21FO5S2. The number of alkyl halides is 1. The van der Waals surface area contributed by atoms with E-state index in [0.717, 1.165) is 19.3 Å². The second-order valence-electron chi connectivity index (χ2n) is 7.50. The molecule has 0 amide bonds. The van der Waals surface area contributed by atoms with Gasteiger partial charge in [-0.05, 0) is 61.7 Å². The van der Waals surface area contributed by atoms with Crippen LogP contribution in [-0.2, 0) is 20.0 Å². The quantitative estimate of drug-likeness (QED) is 0.792. The van der Waals surface area contributed by atoms with Gasteiger partial charge in [-0.1, -0.05) is 0 Å². The summed E-state index contributed by atoms with van der Waals surface area (Å²) < 4.78 is 66.8. The Labute approximate surface area is 125 Å². The van der Waals surface area contributed by atoms with E-state index in [1.54, 1.807) is 0 Å². The lowest BCUT2D eigenvalue weighted by molar-refractivity contribution is -0.0658. The molecule has 0 aromatic carbocycles. The summed E-state index contributed by atoms with van der Waals surface area (Å²) in [6.45, 7) is 0. The van der Waals surface area contributed by atoms with Crippen LogP contribution in [0.5, 0.6) is 0 Å². The number of hydrogen-bond donors (Lipinski definition) is 1. The van der Waals surface area contributed by atoms with Crippen molar-refractivity contribution in [2.24, 2.45) is 23.2 Å². The number of sulfone groups is 1. The molecule has 0 aromatic rings. The first-order chi connectivity index (χ1) is 9.44. The van der Waals surface area contributed by atoms with Crippen LogP contribution in [0.1, 0.15) is 44.9 Å². The Morgan fingerprint density at radius 2 is 1.43 bits per heavy atom. The number of halogens is 1. The second-order valence-corrected chi connectivity index (χ2v) is 11.5. The normalized spacial score (nSPS) is 42.0. The third-order valence-electron chi connectivity index (χ3n) is 5.69. The van der Waals surface area contributed by atoms with Gasteiger partial charge in [0, 0.05) is 12.7 Å². The summed E-state index contributed by atoms with van der Waals surface area (Å²) >= 11 is 0. The van der Waals surface area contributed by atoms with E-state index in [1.165, 1.54) is 0 Å². The zero-order chi connectivity index (χ0) is 15.7. The fraction of sp³-hybridized carbons (Fsp3) is 1.00. The topological polar surface area (TPSA) is 88.5 Å². The average molecular weight is 340 g/mol. The van der Waals surface area contributed by atoms with Gasteiger partial charge in [0.05, 0.1) is 0 Å². The highest BCUT2D eigenvalue weighted by Crippen LogP contribution is 2.63. The summed E-state index contributed by atoms with van der Waals surface area (Å²) in [5.41, 5.74) is -0.595. The predicted molar refractivity (Wildman–Crippen MR) is 75.5 cm³/mol. The molecule has 4 rings (SSSR count). The van der Waals surface area contributed by atoms with Crippen molar-refractivity contribution < 1.29 is 25.8 Å². The van der Waals surface area contributed by atoms with Gasteiger partial charge in [0.2, 0.25) is 0 Å². The third kappa shape index (κ3) is 2.43. The van der Waals surface area contributed by atoms with Gasteiger partial charge in [-0.15, -0.1) is 0 Å². The first-order valence-electron chi connectivity index (χ1n) is 7.30. The van der Waals surface area contributed by atoms with Gasteiger partial charge in [-0.25, -0.2) is 12.8 Å². The Kier molecular flexibility index (Phi) is 3.29. The summed E-state index contributed by atoms with van der Waals surface area (Å²) in [6, 6.07) is 0. The number of hydrogen-bond acceptors (Lipinski definition) is 4. The summed E-state index contributed by atoms with van der Waals surface area (Å²) in [5.74, 6) is 1.34. The molecule has 5 nitrogen and oxygen atoms in total. The maximum atomic E-state index is 14.9. The molecule has 0 radical (unpaired) electrons. The van der Waals surface area contributed by atoms with Crippen LogP contribution in [0.2, 0.25) is 0 Å². The highest BCUT2D eigenvalue weighted by Gasteiger charge is 2.61. The van der Waals surface area contributed by atoms with Crippen LogP contribution in [0.25, 0.3) is 0 Å².